The summed E-state index contributed by atoms with van der Waals surface area (Å²) in [6, 6.07) is 3.83. The number of H-pyrrole nitrogens is 1. The van der Waals surface area contributed by atoms with Crippen molar-refractivity contribution in [1.29, 1.82) is 0 Å². The SMILES string of the molecule is CC(=O)c1c(C)[nH]c2cc(Cl)c(C(=O)N3C[C@H](C)NCC3C)cc12.CCCN(C)C=O. The summed E-state index contributed by atoms with van der Waals surface area (Å²) in [6.45, 7) is 11.8. The Morgan fingerprint density at radius 3 is 2.55 bits per heavy atom. The number of benzene rings is 1. The van der Waals surface area contributed by atoms with Gasteiger partial charge in [-0.3, -0.25) is 14.4 Å². The zero-order valence-corrected chi connectivity index (χ0v) is 20.0. The molecule has 0 bridgehead atoms. The minimum Gasteiger partial charge on any atom is -0.358 e. The number of rotatable bonds is 5. The Labute approximate surface area is 189 Å². The lowest BCUT2D eigenvalue weighted by molar-refractivity contribution is -0.117. The minimum atomic E-state index is -0.0869. The van der Waals surface area contributed by atoms with E-state index in [0.717, 1.165) is 42.5 Å². The first-order chi connectivity index (χ1) is 14.6. The Balaban J connectivity index is 0.000000423. The third-order valence-corrected chi connectivity index (χ3v) is 5.75. The van der Waals surface area contributed by atoms with Crippen molar-refractivity contribution < 1.29 is 14.4 Å². The maximum absolute atomic E-state index is 13.0. The number of hydrogen-bond acceptors (Lipinski definition) is 4. The lowest BCUT2D eigenvalue weighted by atomic mass is 10.0. The highest BCUT2D eigenvalue weighted by Crippen LogP contribution is 2.30. The third kappa shape index (κ3) is 5.86. The first kappa shape index (κ1) is 24.9. The van der Waals surface area contributed by atoms with Crippen LogP contribution in [0.15, 0.2) is 12.1 Å². The molecule has 170 valence electrons. The van der Waals surface area contributed by atoms with E-state index in [1.807, 2.05) is 25.7 Å². The van der Waals surface area contributed by atoms with E-state index in [2.05, 4.69) is 17.2 Å². The van der Waals surface area contributed by atoms with Crippen molar-refractivity contribution in [2.24, 2.45) is 0 Å². The number of aromatic nitrogens is 1. The number of carbonyl (C=O) groups is 3. The summed E-state index contributed by atoms with van der Waals surface area (Å²) in [5.74, 6) is -0.111. The highest BCUT2D eigenvalue weighted by atomic mass is 35.5. The molecule has 2 amide bonds. The van der Waals surface area contributed by atoms with Crippen LogP contribution in [0, 0.1) is 6.92 Å². The van der Waals surface area contributed by atoms with Gasteiger partial charge in [-0.2, -0.15) is 0 Å². The second-order valence-corrected chi connectivity index (χ2v) is 8.67. The predicted octanol–water partition coefficient (Wildman–Crippen LogP) is 3.64. The van der Waals surface area contributed by atoms with Crippen LogP contribution in [0.25, 0.3) is 10.9 Å². The highest BCUT2D eigenvalue weighted by Gasteiger charge is 2.29. The van der Waals surface area contributed by atoms with Gasteiger partial charge in [0.2, 0.25) is 6.41 Å². The van der Waals surface area contributed by atoms with Crippen molar-refractivity contribution in [2.45, 2.75) is 53.1 Å². The smallest absolute Gasteiger partial charge is 0.255 e. The largest absolute Gasteiger partial charge is 0.358 e. The first-order valence-corrected chi connectivity index (χ1v) is 11.0. The number of nitrogens with one attached hydrogen (secondary N) is 2. The van der Waals surface area contributed by atoms with Gasteiger partial charge in [-0.05, 0) is 46.2 Å². The van der Waals surface area contributed by atoms with Crippen LogP contribution >= 0.6 is 11.6 Å². The van der Waals surface area contributed by atoms with Crippen LogP contribution in [-0.2, 0) is 4.79 Å². The van der Waals surface area contributed by atoms with E-state index < -0.39 is 0 Å². The van der Waals surface area contributed by atoms with Gasteiger partial charge in [0, 0.05) is 60.9 Å². The monoisotopic (exact) mass is 448 g/mol. The van der Waals surface area contributed by atoms with Gasteiger partial charge in [0.15, 0.2) is 5.78 Å². The van der Waals surface area contributed by atoms with Gasteiger partial charge >= 0.3 is 0 Å². The van der Waals surface area contributed by atoms with Crippen LogP contribution in [-0.4, -0.2) is 71.6 Å². The second kappa shape index (κ2) is 10.8. The quantitative estimate of drug-likeness (QED) is 0.540. The number of piperazine rings is 1. The van der Waals surface area contributed by atoms with Crippen molar-refractivity contribution in [1.82, 2.24) is 20.1 Å². The molecule has 2 heterocycles. The number of amides is 2. The summed E-state index contributed by atoms with van der Waals surface area (Å²) >= 11 is 6.37. The third-order valence-electron chi connectivity index (χ3n) is 5.44. The molecule has 0 radical (unpaired) electrons. The molecule has 0 saturated carbocycles. The number of halogens is 1. The molecule has 31 heavy (non-hydrogen) atoms. The van der Waals surface area contributed by atoms with Crippen molar-refractivity contribution in [3.8, 4) is 0 Å². The molecule has 1 fully saturated rings. The van der Waals surface area contributed by atoms with Crippen LogP contribution in [0.1, 0.15) is 60.5 Å². The molecular weight excluding hydrogens is 416 g/mol. The zero-order chi connectivity index (χ0) is 23.3. The van der Waals surface area contributed by atoms with Crippen molar-refractivity contribution in [2.75, 3.05) is 26.7 Å². The number of Topliss-reactive ketones (excluding diaryl/α,β-unsaturated/α-hetero) is 1. The summed E-state index contributed by atoms with van der Waals surface area (Å²) in [7, 11) is 1.77. The minimum absolute atomic E-state index is 0.0244. The maximum Gasteiger partial charge on any atom is 0.255 e. The number of nitrogens with zero attached hydrogens (tertiary/aromatic N) is 2. The van der Waals surface area contributed by atoms with E-state index in [4.69, 9.17) is 11.6 Å². The average molecular weight is 449 g/mol. The average Bonchev–Trinajstić information content (AvgIpc) is 3.03. The Hall–Kier alpha value is -2.38. The predicted molar refractivity (Wildman–Crippen MR) is 125 cm³/mol. The summed E-state index contributed by atoms with van der Waals surface area (Å²) < 4.78 is 0. The van der Waals surface area contributed by atoms with Crippen LogP contribution < -0.4 is 5.32 Å². The topological polar surface area (TPSA) is 85.5 Å². The van der Waals surface area contributed by atoms with Crippen LogP contribution in [0.4, 0.5) is 0 Å². The molecule has 1 aromatic heterocycles. The van der Waals surface area contributed by atoms with Gasteiger partial charge in [-0.25, -0.2) is 0 Å². The second-order valence-electron chi connectivity index (χ2n) is 8.26. The van der Waals surface area contributed by atoms with Gasteiger partial charge in [-0.1, -0.05) is 18.5 Å². The molecule has 2 N–H and O–H groups in total. The molecule has 1 saturated heterocycles. The Morgan fingerprint density at radius 1 is 1.32 bits per heavy atom. The summed E-state index contributed by atoms with van der Waals surface area (Å²) in [5, 5.41) is 4.52. The molecule has 7 nitrogen and oxygen atoms in total. The molecule has 1 unspecified atom stereocenters. The lowest BCUT2D eigenvalue weighted by Crippen LogP contribution is -2.56. The van der Waals surface area contributed by atoms with Gasteiger partial charge < -0.3 is 20.1 Å². The van der Waals surface area contributed by atoms with Gasteiger partial charge in [0.05, 0.1) is 10.6 Å². The van der Waals surface area contributed by atoms with E-state index in [1.54, 1.807) is 24.1 Å². The Bertz CT molecular complexity index is 956. The van der Waals surface area contributed by atoms with Crippen molar-refractivity contribution in [3.05, 3.63) is 34.0 Å². The number of fused-ring (bicyclic) bond motifs is 1. The van der Waals surface area contributed by atoms with E-state index in [-0.39, 0.29) is 23.8 Å². The number of hydrogen-bond donors (Lipinski definition) is 2. The van der Waals surface area contributed by atoms with E-state index in [0.29, 0.717) is 22.7 Å². The highest BCUT2D eigenvalue weighted by molar-refractivity contribution is 6.35. The molecule has 1 aliphatic rings. The summed E-state index contributed by atoms with van der Waals surface area (Å²) in [6.07, 6.45) is 1.87. The first-order valence-electron chi connectivity index (χ1n) is 10.6. The molecule has 0 spiro atoms. The van der Waals surface area contributed by atoms with E-state index in [9.17, 15) is 14.4 Å². The summed E-state index contributed by atoms with van der Waals surface area (Å²) in [5.41, 5.74) is 2.65. The van der Waals surface area contributed by atoms with Gasteiger partial charge in [0.1, 0.15) is 0 Å². The molecule has 1 aromatic carbocycles. The fourth-order valence-electron chi connectivity index (χ4n) is 3.83. The zero-order valence-electron chi connectivity index (χ0n) is 19.2. The number of aromatic amines is 1. The molecule has 1 aliphatic heterocycles. The Morgan fingerprint density at radius 2 is 2.00 bits per heavy atom. The standard InChI is InChI=1S/C18H22ClN3O2.C5H11NO/c1-9-8-22(10(2)7-20-9)18(24)13-5-14-16(6-15(13)19)21-11(3)17(14)12(4)23;1-3-4-6(2)5-7/h5-6,9-10,20-21H,7-8H2,1-4H3;5H,3-4H2,1-2H3/t9-,10?;/m0./s1. The van der Waals surface area contributed by atoms with Crippen LogP contribution in [0.2, 0.25) is 5.02 Å². The molecule has 2 atom stereocenters. The number of carbonyl (C=O) groups excluding carboxylic acids is 3. The fourth-order valence-corrected chi connectivity index (χ4v) is 4.08. The van der Waals surface area contributed by atoms with E-state index >= 15 is 0 Å². The normalized spacial score (nSPS) is 18.4. The van der Waals surface area contributed by atoms with Gasteiger partial charge in [0.25, 0.3) is 5.91 Å². The van der Waals surface area contributed by atoms with Crippen molar-refractivity contribution >= 4 is 40.6 Å². The summed E-state index contributed by atoms with van der Waals surface area (Å²) in [4.78, 5) is 41.4. The van der Waals surface area contributed by atoms with Gasteiger partial charge in [-0.15, -0.1) is 0 Å². The van der Waals surface area contributed by atoms with Crippen molar-refractivity contribution in [3.63, 3.8) is 0 Å². The Kier molecular flexibility index (Phi) is 8.65. The molecular formula is C23H33ClN4O3. The lowest BCUT2D eigenvalue weighted by Gasteiger charge is -2.37. The number of aryl methyl sites for hydroxylation is 1. The van der Waals surface area contributed by atoms with Crippen LogP contribution in [0.5, 0.6) is 0 Å². The maximum atomic E-state index is 13.0. The molecule has 2 aromatic rings. The molecule has 3 rings (SSSR count). The fraction of sp³-hybridized carbons (Fsp3) is 0.522. The van der Waals surface area contributed by atoms with Crippen LogP contribution in [0.3, 0.4) is 0 Å². The molecule has 8 heteroatoms. The number of ketones is 1. The molecule has 0 aliphatic carbocycles. The van der Waals surface area contributed by atoms with E-state index in [1.165, 1.54) is 6.92 Å².